The van der Waals surface area contributed by atoms with E-state index in [4.69, 9.17) is 0 Å². The molecule has 1 aromatic rings. The van der Waals surface area contributed by atoms with Crippen LogP contribution in [0.25, 0.3) is 0 Å². The minimum atomic E-state index is -4.13. The van der Waals surface area contributed by atoms with E-state index < -0.39 is 12.6 Å². The van der Waals surface area contributed by atoms with Gasteiger partial charge in [-0.05, 0) is 19.4 Å². The summed E-state index contributed by atoms with van der Waals surface area (Å²) in [5.41, 5.74) is 0.526. The van der Waals surface area contributed by atoms with Crippen molar-refractivity contribution in [1.82, 2.24) is 20.7 Å². The molecule has 2 N–H and O–H groups in total. The second-order valence-electron chi connectivity index (χ2n) is 3.56. The van der Waals surface area contributed by atoms with Crippen LogP contribution < -0.4 is 5.32 Å². The van der Waals surface area contributed by atoms with Crippen molar-refractivity contribution in [3.05, 3.63) is 11.9 Å². The highest BCUT2D eigenvalue weighted by Crippen LogP contribution is 2.26. The third-order valence-electron chi connectivity index (χ3n) is 2.15. The molecule has 7 heteroatoms. The molecule has 0 bridgehead atoms. The van der Waals surface area contributed by atoms with Gasteiger partial charge in [-0.15, -0.1) is 0 Å². The van der Waals surface area contributed by atoms with Crippen molar-refractivity contribution >= 4 is 0 Å². The highest BCUT2D eigenvalue weighted by Gasteiger charge is 2.29. The summed E-state index contributed by atoms with van der Waals surface area (Å²) in [6.07, 6.45) is -2.66. The number of nitrogens with one attached hydrogen (secondary N) is 2. The fourth-order valence-electron chi connectivity index (χ4n) is 1.36. The van der Waals surface area contributed by atoms with Gasteiger partial charge in [0.05, 0.1) is 17.9 Å². The van der Waals surface area contributed by atoms with Crippen molar-refractivity contribution in [3.8, 4) is 0 Å². The zero-order valence-corrected chi connectivity index (χ0v) is 9.01. The molecule has 0 fully saturated rings. The number of halogens is 3. The van der Waals surface area contributed by atoms with Gasteiger partial charge >= 0.3 is 6.18 Å². The van der Waals surface area contributed by atoms with Crippen molar-refractivity contribution in [2.24, 2.45) is 0 Å². The molecule has 92 valence electrons. The molecule has 1 aromatic heterocycles. The molecule has 0 spiro atoms. The van der Waals surface area contributed by atoms with Crippen molar-refractivity contribution in [1.29, 1.82) is 0 Å². The summed E-state index contributed by atoms with van der Waals surface area (Å²) in [5.74, 6) is 0. The van der Waals surface area contributed by atoms with Crippen molar-refractivity contribution < 1.29 is 13.2 Å². The first-order valence-electron chi connectivity index (χ1n) is 5.18. The van der Waals surface area contributed by atoms with Gasteiger partial charge in [0, 0.05) is 6.42 Å². The molecule has 1 heterocycles. The Kier molecular flexibility index (Phi) is 4.72. The molecule has 4 nitrogen and oxygen atoms in total. The summed E-state index contributed by atoms with van der Waals surface area (Å²) in [5, 5.41) is 12.8. The maximum atomic E-state index is 12.1. The van der Waals surface area contributed by atoms with Crippen LogP contribution in [0.2, 0.25) is 0 Å². The number of hydrogen-bond donors (Lipinski definition) is 2. The minimum Gasteiger partial charge on any atom is -0.309 e. The zero-order valence-electron chi connectivity index (χ0n) is 9.01. The van der Waals surface area contributed by atoms with E-state index in [1.54, 1.807) is 0 Å². The summed E-state index contributed by atoms with van der Waals surface area (Å²) in [6.45, 7) is 2.62. The van der Waals surface area contributed by atoms with Crippen LogP contribution in [0.1, 0.15) is 37.9 Å². The average molecular weight is 236 g/mol. The van der Waals surface area contributed by atoms with Crippen molar-refractivity contribution in [2.75, 3.05) is 6.54 Å². The first kappa shape index (κ1) is 13.0. The Balaban J connectivity index is 2.51. The van der Waals surface area contributed by atoms with Crippen LogP contribution in [0.4, 0.5) is 13.2 Å². The topological polar surface area (TPSA) is 53.6 Å². The largest absolute Gasteiger partial charge is 0.389 e. The van der Waals surface area contributed by atoms with Gasteiger partial charge in [0.1, 0.15) is 0 Å². The van der Waals surface area contributed by atoms with E-state index in [1.807, 2.05) is 6.92 Å². The summed E-state index contributed by atoms with van der Waals surface area (Å²) in [4.78, 5) is 0. The van der Waals surface area contributed by atoms with Gasteiger partial charge in [0.15, 0.2) is 0 Å². The van der Waals surface area contributed by atoms with E-state index in [-0.39, 0.29) is 12.5 Å². The third-order valence-corrected chi connectivity index (χ3v) is 2.15. The normalized spacial score (nSPS) is 14.0. The molecule has 0 aliphatic rings. The molecule has 0 saturated heterocycles. The molecule has 0 amide bonds. The van der Waals surface area contributed by atoms with E-state index in [1.165, 1.54) is 6.20 Å². The molecule has 0 saturated carbocycles. The Morgan fingerprint density at radius 1 is 1.50 bits per heavy atom. The maximum Gasteiger partial charge on any atom is 0.389 e. The smallest absolute Gasteiger partial charge is 0.309 e. The molecule has 0 aliphatic carbocycles. The second-order valence-corrected chi connectivity index (χ2v) is 3.56. The number of alkyl halides is 3. The molecule has 0 aromatic carbocycles. The SMILES string of the molecule is CCCNC(CCC(F)(F)F)c1cn[nH]n1. The van der Waals surface area contributed by atoms with Gasteiger partial charge in [0.25, 0.3) is 0 Å². The highest BCUT2D eigenvalue weighted by atomic mass is 19.4. The standard InChI is InChI=1S/C9H15F3N4/c1-2-5-13-7(3-4-9(10,11)12)8-6-14-16-15-8/h6-7,13H,2-5H2,1H3,(H,14,15,16). The van der Waals surface area contributed by atoms with Crippen LogP contribution in [-0.2, 0) is 0 Å². The number of rotatable bonds is 6. The Hall–Kier alpha value is -1.11. The van der Waals surface area contributed by atoms with Gasteiger partial charge in [-0.1, -0.05) is 6.92 Å². The number of H-pyrrole nitrogens is 1. The number of hydrogen-bond acceptors (Lipinski definition) is 3. The Labute approximate surface area is 91.6 Å². The van der Waals surface area contributed by atoms with Crippen molar-refractivity contribution in [3.63, 3.8) is 0 Å². The number of aromatic nitrogens is 3. The fraction of sp³-hybridized carbons (Fsp3) is 0.778. The minimum absolute atomic E-state index is 0.0178. The zero-order chi connectivity index (χ0) is 12.0. The average Bonchev–Trinajstić information content (AvgIpc) is 2.69. The van der Waals surface area contributed by atoms with Crippen LogP contribution in [-0.4, -0.2) is 28.1 Å². The van der Waals surface area contributed by atoms with Gasteiger partial charge in [0.2, 0.25) is 0 Å². The molecule has 1 unspecified atom stereocenters. The van der Waals surface area contributed by atoms with Crippen LogP contribution in [0.5, 0.6) is 0 Å². The van der Waals surface area contributed by atoms with Crippen LogP contribution in [0.3, 0.4) is 0 Å². The lowest BCUT2D eigenvalue weighted by Crippen LogP contribution is -2.24. The third kappa shape index (κ3) is 4.61. The predicted octanol–water partition coefficient (Wildman–Crippen LogP) is 2.19. The molecule has 16 heavy (non-hydrogen) atoms. The lowest BCUT2D eigenvalue weighted by atomic mass is 10.1. The van der Waals surface area contributed by atoms with Gasteiger partial charge in [-0.2, -0.15) is 28.6 Å². The lowest BCUT2D eigenvalue weighted by molar-refractivity contribution is -0.136. The maximum absolute atomic E-state index is 12.1. The Morgan fingerprint density at radius 2 is 2.25 bits per heavy atom. The van der Waals surface area contributed by atoms with E-state index in [0.29, 0.717) is 12.2 Å². The van der Waals surface area contributed by atoms with Crippen LogP contribution >= 0.6 is 0 Å². The molecular formula is C9H15F3N4. The van der Waals surface area contributed by atoms with E-state index in [2.05, 4.69) is 20.7 Å². The second kappa shape index (κ2) is 5.83. The van der Waals surface area contributed by atoms with E-state index in [9.17, 15) is 13.2 Å². The van der Waals surface area contributed by atoms with Crippen molar-refractivity contribution in [2.45, 2.75) is 38.4 Å². The monoisotopic (exact) mass is 236 g/mol. The molecular weight excluding hydrogens is 221 g/mol. The highest BCUT2D eigenvalue weighted by molar-refractivity contribution is 4.99. The number of nitrogens with zero attached hydrogens (tertiary/aromatic N) is 2. The summed E-state index contributed by atoms with van der Waals surface area (Å²) in [6, 6.07) is -0.389. The number of aromatic amines is 1. The van der Waals surface area contributed by atoms with Gasteiger partial charge in [-0.3, -0.25) is 0 Å². The molecule has 1 rings (SSSR count). The van der Waals surface area contributed by atoms with Gasteiger partial charge in [-0.25, -0.2) is 0 Å². The van der Waals surface area contributed by atoms with Crippen LogP contribution in [0.15, 0.2) is 6.20 Å². The predicted molar refractivity (Wildman–Crippen MR) is 52.7 cm³/mol. The molecule has 0 radical (unpaired) electrons. The fourth-order valence-corrected chi connectivity index (χ4v) is 1.36. The first-order chi connectivity index (χ1) is 7.53. The first-order valence-corrected chi connectivity index (χ1v) is 5.18. The summed E-state index contributed by atoms with van der Waals surface area (Å²) >= 11 is 0. The van der Waals surface area contributed by atoms with E-state index in [0.717, 1.165) is 6.42 Å². The van der Waals surface area contributed by atoms with Crippen LogP contribution in [0, 0.1) is 0 Å². The van der Waals surface area contributed by atoms with Gasteiger partial charge < -0.3 is 5.32 Å². The summed E-state index contributed by atoms with van der Waals surface area (Å²) in [7, 11) is 0. The quantitative estimate of drug-likeness (QED) is 0.796. The van der Waals surface area contributed by atoms with E-state index >= 15 is 0 Å². The molecule has 1 atom stereocenters. The Morgan fingerprint density at radius 3 is 2.75 bits per heavy atom. The Bertz CT molecular complexity index is 283. The summed E-state index contributed by atoms with van der Waals surface area (Å²) < 4.78 is 36.3. The lowest BCUT2D eigenvalue weighted by Gasteiger charge is -2.16. The molecule has 0 aliphatic heterocycles.